The minimum absolute atomic E-state index is 0.0811. The van der Waals surface area contributed by atoms with E-state index in [2.05, 4.69) is 24.5 Å². The van der Waals surface area contributed by atoms with Crippen LogP contribution in [0.4, 0.5) is 5.69 Å². The van der Waals surface area contributed by atoms with Crippen molar-refractivity contribution in [2.75, 3.05) is 5.32 Å². The molecule has 0 saturated heterocycles. The van der Waals surface area contributed by atoms with Crippen molar-refractivity contribution in [3.63, 3.8) is 0 Å². The minimum Gasteiger partial charge on any atom is -0.382 e. The Balaban J connectivity index is 1.72. The van der Waals surface area contributed by atoms with Crippen molar-refractivity contribution in [2.24, 2.45) is 11.8 Å². The van der Waals surface area contributed by atoms with E-state index in [0.29, 0.717) is 12.1 Å². The summed E-state index contributed by atoms with van der Waals surface area (Å²) in [5.74, 6) is 1.55. The van der Waals surface area contributed by atoms with Crippen LogP contribution >= 0.6 is 0 Å². The maximum Gasteiger partial charge on any atom is 0.253 e. The summed E-state index contributed by atoms with van der Waals surface area (Å²) in [6, 6.07) is 8.54. The Morgan fingerprint density at radius 1 is 1.10 bits per heavy atom. The number of hydrogen-bond donors (Lipinski definition) is 2. The van der Waals surface area contributed by atoms with Crippen LogP contribution in [0.3, 0.4) is 0 Å². The molecule has 0 spiro atoms. The van der Waals surface area contributed by atoms with Gasteiger partial charge in [-0.05, 0) is 63.5 Å². The van der Waals surface area contributed by atoms with Gasteiger partial charge in [-0.25, -0.2) is 0 Å². The van der Waals surface area contributed by atoms with Crippen LogP contribution in [-0.2, 0) is 0 Å². The summed E-state index contributed by atoms with van der Waals surface area (Å²) in [6.07, 6.45) is 5.14. The van der Waals surface area contributed by atoms with Crippen molar-refractivity contribution >= 4 is 11.6 Å². The fourth-order valence-corrected chi connectivity index (χ4v) is 2.88. The molecule has 2 saturated carbocycles. The van der Waals surface area contributed by atoms with Gasteiger partial charge in [0.2, 0.25) is 0 Å². The molecule has 20 heavy (non-hydrogen) atoms. The SMILES string of the molecule is CC(C)Nc1ccccc1C(=O)NC(C1CC1)C1CC1. The van der Waals surface area contributed by atoms with Crippen LogP contribution in [0.25, 0.3) is 0 Å². The zero-order valence-corrected chi connectivity index (χ0v) is 12.4. The Morgan fingerprint density at radius 2 is 1.70 bits per heavy atom. The molecule has 0 atom stereocenters. The first kappa shape index (κ1) is 13.5. The summed E-state index contributed by atoms with van der Waals surface area (Å²) < 4.78 is 0. The monoisotopic (exact) mass is 272 g/mol. The lowest BCUT2D eigenvalue weighted by atomic mass is 10.1. The molecule has 0 radical (unpaired) electrons. The number of amides is 1. The van der Waals surface area contributed by atoms with E-state index in [1.807, 2.05) is 24.3 Å². The molecular weight excluding hydrogens is 248 g/mol. The van der Waals surface area contributed by atoms with Gasteiger partial charge in [0.05, 0.1) is 5.56 Å². The second-order valence-electron chi connectivity index (χ2n) is 6.52. The van der Waals surface area contributed by atoms with E-state index in [1.54, 1.807) is 0 Å². The van der Waals surface area contributed by atoms with Gasteiger partial charge in [0, 0.05) is 17.8 Å². The van der Waals surface area contributed by atoms with E-state index in [1.165, 1.54) is 25.7 Å². The quantitative estimate of drug-likeness (QED) is 0.833. The Hall–Kier alpha value is -1.51. The van der Waals surface area contributed by atoms with Gasteiger partial charge in [-0.15, -0.1) is 0 Å². The molecule has 1 aromatic carbocycles. The first-order valence-electron chi connectivity index (χ1n) is 7.81. The lowest BCUT2D eigenvalue weighted by Gasteiger charge is -2.20. The summed E-state index contributed by atoms with van der Waals surface area (Å²) in [6.45, 7) is 4.18. The summed E-state index contributed by atoms with van der Waals surface area (Å²) in [5, 5.41) is 6.65. The molecule has 2 aliphatic rings. The predicted octanol–water partition coefficient (Wildman–Crippen LogP) is 3.43. The van der Waals surface area contributed by atoms with Crippen molar-refractivity contribution in [3.8, 4) is 0 Å². The average Bonchev–Trinajstić information content (AvgIpc) is 3.28. The molecule has 3 rings (SSSR count). The number of benzene rings is 1. The average molecular weight is 272 g/mol. The molecular formula is C17H24N2O. The maximum atomic E-state index is 12.6. The smallest absolute Gasteiger partial charge is 0.253 e. The maximum absolute atomic E-state index is 12.6. The number of anilines is 1. The summed E-state index contributed by atoms with van der Waals surface area (Å²) in [4.78, 5) is 12.6. The standard InChI is InChI=1S/C17H24N2O/c1-11(2)18-15-6-4-3-5-14(15)17(20)19-16(12-7-8-12)13-9-10-13/h3-6,11-13,16,18H,7-10H2,1-2H3,(H,19,20). The van der Waals surface area contributed by atoms with Crippen LogP contribution in [-0.4, -0.2) is 18.0 Å². The van der Waals surface area contributed by atoms with Crippen LogP contribution in [0, 0.1) is 11.8 Å². The second-order valence-corrected chi connectivity index (χ2v) is 6.52. The summed E-state index contributed by atoms with van der Waals surface area (Å²) >= 11 is 0. The third-order valence-electron chi connectivity index (χ3n) is 4.17. The normalized spacial score (nSPS) is 18.4. The van der Waals surface area contributed by atoms with E-state index in [4.69, 9.17) is 0 Å². The van der Waals surface area contributed by atoms with E-state index in [9.17, 15) is 4.79 Å². The lowest BCUT2D eigenvalue weighted by Crippen LogP contribution is -2.38. The second kappa shape index (κ2) is 5.47. The van der Waals surface area contributed by atoms with Crippen molar-refractivity contribution in [1.82, 2.24) is 5.32 Å². The van der Waals surface area contributed by atoms with Crippen LogP contribution in [0.2, 0.25) is 0 Å². The highest BCUT2D eigenvalue weighted by atomic mass is 16.1. The fraction of sp³-hybridized carbons (Fsp3) is 0.588. The molecule has 0 aromatic heterocycles. The Labute approximate surface area is 121 Å². The Morgan fingerprint density at radius 3 is 2.25 bits per heavy atom. The van der Waals surface area contributed by atoms with Crippen LogP contribution < -0.4 is 10.6 Å². The molecule has 0 aliphatic heterocycles. The van der Waals surface area contributed by atoms with Gasteiger partial charge in [-0.1, -0.05) is 12.1 Å². The number of hydrogen-bond acceptors (Lipinski definition) is 2. The van der Waals surface area contributed by atoms with Gasteiger partial charge in [-0.3, -0.25) is 4.79 Å². The van der Waals surface area contributed by atoms with Crippen LogP contribution in [0.5, 0.6) is 0 Å². The summed E-state index contributed by atoms with van der Waals surface area (Å²) in [7, 11) is 0. The van der Waals surface area contributed by atoms with Crippen LogP contribution in [0.1, 0.15) is 49.9 Å². The molecule has 2 N–H and O–H groups in total. The van der Waals surface area contributed by atoms with Gasteiger partial charge < -0.3 is 10.6 Å². The minimum atomic E-state index is 0.0811. The predicted molar refractivity (Wildman–Crippen MR) is 81.9 cm³/mol. The van der Waals surface area contributed by atoms with Gasteiger partial charge in [0.1, 0.15) is 0 Å². The molecule has 1 amide bonds. The van der Waals surface area contributed by atoms with E-state index in [0.717, 1.165) is 23.1 Å². The Kier molecular flexibility index (Phi) is 3.68. The highest BCUT2D eigenvalue weighted by Gasteiger charge is 2.42. The number of carbonyl (C=O) groups excluding carboxylic acids is 1. The largest absolute Gasteiger partial charge is 0.382 e. The third kappa shape index (κ3) is 3.14. The van der Waals surface area contributed by atoms with Crippen LogP contribution in [0.15, 0.2) is 24.3 Å². The number of para-hydroxylation sites is 1. The molecule has 1 aromatic rings. The van der Waals surface area contributed by atoms with Gasteiger partial charge in [0.25, 0.3) is 5.91 Å². The molecule has 0 bridgehead atoms. The zero-order chi connectivity index (χ0) is 14.1. The van der Waals surface area contributed by atoms with Crippen molar-refractivity contribution < 1.29 is 4.79 Å². The topological polar surface area (TPSA) is 41.1 Å². The number of rotatable bonds is 6. The lowest BCUT2D eigenvalue weighted by molar-refractivity contribution is 0.0927. The Bertz CT molecular complexity index is 478. The third-order valence-corrected chi connectivity index (χ3v) is 4.17. The van der Waals surface area contributed by atoms with Gasteiger partial charge in [-0.2, -0.15) is 0 Å². The summed E-state index contributed by atoms with van der Waals surface area (Å²) in [5.41, 5.74) is 1.71. The van der Waals surface area contributed by atoms with Crippen molar-refractivity contribution in [1.29, 1.82) is 0 Å². The van der Waals surface area contributed by atoms with E-state index < -0.39 is 0 Å². The molecule has 0 unspecified atom stereocenters. The first-order valence-corrected chi connectivity index (χ1v) is 7.81. The van der Waals surface area contributed by atoms with Gasteiger partial charge >= 0.3 is 0 Å². The first-order chi connectivity index (χ1) is 9.65. The highest BCUT2D eigenvalue weighted by Crippen LogP contribution is 2.44. The van der Waals surface area contributed by atoms with Gasteiger partial charge in [0.15, 0.2) is 0 Å². The number of nitrogens with one attached hydrogen (secondary N) is 2. The van der Waals surface area contributed by atoms with Crippen molar-refractivity contribution in [3.05, 3.63) is 29.8 Å². The zero-order valence-electron chi connectivity index (χ0n) is 12.4. The van der Waals surface area contributed by atoms with Crippen molar-refractivity contribution in [2.45, 2.75) is 51.6 Å². The molecule has 2 fully saturated rings. The fourth-order valence-electron chi connectivity index (χ4n) is 2.88. The number of carbonyl (C=O) groups is 1. The molecule has 108 valence electrons. The molecule has 0 heterocycles. The highest BCUT2D eigenvalue weighted by molar-refractivity contribution is 5.99. The molecule has 2 aliphatic carbocycles. The molecule has 3 heteroatoms. The van der Waals surface area contributed by atoms with E-state index in [-0.39, 0.29) is 5.91 Å². The van der Waals surface area contributed by atoms with E-state index >= 15 is 0 Å². The molecule has 3 nitrogen and oxygen atoms in total.